The number of nitrogens with one attached hydrogen (secondary N) is 1. The summed E-state index contributed by atoms with van der Waals surface area (Å²) in [5, 5.41) is 11.3. The lowest BCUT2D eigenvalue weighted by Crippen LogP contribution is -2.14. The first kappa shape index (κ1) is 10.5. The smallest absolute Gasteiger partial charge is 0.236 e. The average Bonchev–Trinajstić information content (AvgIpc) is 2.90. The first-order chi connectivity index (χ1) is 8.29. The fraction of sp³-hybridized carbons (Fsp3) is 0.500. The first-order valence-corrected chi connectivity index (χ1v) is 5.96. The fourth-order valence-electron chi connectivity index (χ4n) is 1.80. The summed E-state index contributed by atoms with van der Waals surface area (Å²) in [6.07, 6.45) is 6.81. The second-order valence-electron chi connectivity index (χ2n) is 4.56. The Hall–Kier alpha value is -1.62. The Morgan fingerprint density at radius 1 is 1.47 bits per heavy atom. The lowest BCUT2D eigenvalue weighted by Gasteiger charge is -1.99. The standard InChI is InChI=1S/C12H16N4O/c1-9-14-15-12(17-9)8-16-5-4-10(7-16)6-13-11-2-3-11/h4-5,7,11,13H,2-3,6,8H2,1H3. The van der Waals surface area contributed by atoms with Gasteiger partial charge in [-0.2, -0.15) is 0 Å². The van der Waals surface area contributed by atoms with Crippen LogP contribution in [0.25, 0.3) is 0 Å². The van der Waals surface area contributed by atoms with Crippen molar-refractivity contribution in [1.29, 1.82) is 0 Å². The van der Waals surface area contributed by atoms with Crippen molar-refractivity contribution in [2.45, 2.75) is 38.9 Å². The molecule has 1 aliphatic carbocycles. The van der Waals surface area contributed by atoms with Gasteiger partial charge in [0.2, 0.25) is 11.8 Å². The summed E-state index contributed by atoms with van der Waals surface area (Å²) in [5.74, 6) is 1.27. The summed E-state index contributed by atoms with van der Waals surface area (Å²) in [6.45, 7) is 3.39. The fourth-order valence-corrected chi connectivity index (χ4v) is 1.80. The van der Waals surface area contributed by atoms with Crippen molar-refractivity contribution in [2.75, 3.05) is 0 Å². The van der Waals surface area contributed by atoms with E-state index in [1.54, 1.807) is 6.92 Å². The predicted molar refractivity (Wildman–Crippen MR) is 62.4 cm³/mol. The summed E-state index contributed by atoms with van der Waals surface area (Å²) in [7, 11) is 0. The molecule has 3 rings (SSSR count). The number of rotatable bonds is 5. The van der Waals surface area contributed by atoms with Gasteiger partial charge in [-0.1, -0.05) is 0 Å². The van der Waals surface area contributed by atoms with E-state index in [0.29, 0.717) is 18.3 Å². The van der Waals surface area contributed by atoms with Gasteiger partial charge in [0.15, 0.2) is 0 Å². The minimum absolute atomic E-state index is 0.614. The highest BCUT2D eigenvalue weighted by molar-refractivity contribution is 5.11. The zero-order valence-corrected chi connectivity index (χ0v) is 9.89. The molecule has 1 N–H and O–H groups in total. The number of aryl methyl sites for hydroxylation is 1. The van der Waals surface area contributed by atoms with Crippen molar-refractivity contribution in [3.8, 4) is 0 Å². The summed E-state index contributed by atoms with van der Waals surface area (Å²) >= 11 is 0. The molecule has 0 bridgehead atoms. The Labute approximate surface area is 99.8 Å². The molecule has 0 saturated heterocycles. The molecule has 2 aromatic heterocycles. The molecular formula is C12H16N4O. The van der Waals surface area contributed by atoms with E-state index in [2.05, 4.69) is 32.3 Å². The normalized spacial score (nSPS) is 15.4. The largest absolute Gasteiger partial charge is 0.424 e. The highest BCUT2D eigenvalue weighted by Crippen LogP contribution is 2.19. The molecule has 0 aromatic carbocycles. The van der Waals surface area contributed by atoms with Crippen molar-refractivity contribution < 1.29 is 4.42 Å². The van der Waals surface area contributed by atoms with Crippen LogP contribution in [-0.4, -0.2) is 20.8 Å². The van der Waals surface area contributed by atoms with Gasteiger partial charge in [-0.25, -0.2) is 0 Å². The van der Waals surface area contributed by atoms with Crippen molar-refractivity contribution >= 4 is 0 Å². The maximum Gasteiger partial charge on any atom is 0.236 e. The molecule has 0 atom stereocenters. The third-order valence-electron chi connectivity index (χ3n) is 2.87. The Kier molecular flexibility index (Phi) is 2.68. The third-order valence-corrected chi connectivity index (χ3v) is 2.87. The average molecular weight is 232 g/mol. The van der Waals surface area contributed by atoms with Crippen LogP contribution >= 0.6 is 0 Å². The Bertz CT molecular complexity index is 498. The molecule has 5 heteroatoms. The van der Waals surface area contributed by atoms with E-state index >= 15 is 0 Å². The van der Waals surface area contributed by atoms with E-state index in [0.717, 1.165) is 12.6 Å². The van der Waals surface area contributed by atoms with Gasteiger partial charge >= 0.3 is 0 Å². The van der Waals surface area contributed by atoms with Crippen LogP contribution in [0.4, 0.5) is 0 Å². The lowest BCUT2D eigenvalue weighted by atomic mass is 10.3. The quantitative estimate of drug-likeness (QED) is 0.848. The van der Waals surface area contributed by atoms with Crippen molar-refractivity contribution in [1.82, 2.24) is 20.1 Å². The van der Waals surface area contributed by atoms with Gasteiger partial charge in [-0.15, -0.1) is 10.2 Å². The highest BCUT2D eigenvalue weighted by Gasteiger charge is 2.19. The molecule has 2 aromatic rings. The topological polar surface area (TPSA) is 55.9 Å². The minimum atomic E-state index is 0.614. The summed E-state index contributed by atoms with van der Waals surface area (Å²) in [4.78, 5) is 0. The molecule has 0 unspecified atom stereocenters. The Balaban J connectivity index is 1.59. The first-order valence-electron chi connectivity index (χ1n) is 5.96. The zero-order valence-electron chi connectivity index (χ0n) is 9.89. The molecule has 5 nitrogen and oxygen atoms in total. The second-order valence-corrected chi connectivity index (χ2v) is 4.56. The monoisotopic (exact) mass is 232 g/mol. The number of hydrogen-bond donors (Lipinski definition) is 1. The molecule has 2 heterocycles. The zero-order chi connectivity index (χ0) is 11.7. The molecule has 0 spiro atoms. The predicted octanol–water partition coefficient (Wildman–Crippen LogP) is 1.48. The van der Waals surface area contributed by atoms with Crippen LogP contribution in [0.15, 0.2) is 22.9 Å². The van der Waals surface area contributed by atoms with Gasteiger partial charge in [0.25, 0.3) is 0 Å². The van der Waals surface area contributed by atoms with E-state index in [-0.39, 0.29) is 0 Å². The summed E-state index contributed by atoms with van der Waals surface area (Å²) in [5.41, 5.74) is 1.30. The van der Waals surface area contributed by atoms with Gasteiger partial charge in [0, 0.05) is 31.9 Å². The van der Waals surface area contributed by atoms with Crippen LogP contribution in [0.1, 0.15) is 30.2 Å². The molecule has 0 radical (unpaired) electrons. The van der Waals surface area contributed by atoms with Crippen LogP contribution in [0.3, 0.4) is 0 Å². The number of hydrogen-bond acceptors (Lipinski definition) is 4. The highest BCUT2D eigenvalue weighted by atomic mass is 16.4. The number of aromatic nitrogens is 3. The molecule has 1 fully saturated rings. The van der Waals surface area contributed by atoms with Crippen LogP contribution in [0.2, 0.25) is 0 Å². The van der Waals surface area contributed by atoms with E-state index < -0.39 is 0 Å². The molecule has 0 aliphatic heterocycles. The number of nitrogens with zero attached hydrogens (tertiary/aromatic N) is 3. The van der Waals surface area contributed by atoms with Crippen molar-refractivity contribution in [3.63, 3.8) is 0 Å². The summed E-state index contributed by atoms with van der Waals surface area (Å²) < 4.78 is 7.41. The van der Waals surface area contributed by atoms with E-state index in [9.17, 15) is 0 Å². The van der Waals surface area contributed by atoms with E-state index in [1.165, 1.54) is 18.4 Å². The molecule has 1 saturated carbocycles. The molecule has 1 aliphatic rings. The van der Waals surface area contributed by atoms with Gasteiger partial charge < -0.3 is 14.3 Å². The van der Waals surface area contributed by atoms with Crippen LogP contribution in [-0.2, 0) is 13.1 Å². The molecular weight excluding hydrogens is 216 g/mol. The van der Waals surface area contributed by atoms with Crippen LogP contribution in [0, 0.1) is 6.92 Å². The van der Waals surface area contributed by atoms with Gasteiger partial charge in [-0.3, -0.25) is 0 Å². The van der Waals surface area contributed by atoms with Crippen LogP contribution < -0.4 is 5.32 Å². The molecule has 0 amide bonds. The van der Waals surface area contributed by atoms with Gasteiger partial charge in [0.05, 0.1) is 0 Å². The van der Waals surface area contributed by atoms with Crippen LogP contribution in [0.5, 0.6) is 0 Å². The van der Waals surface area contributed by atoms with Crippen molar-refractivity contribution in [3.05, 3.63) is 35.8 Å². The van der Waals surface area contributed by atoms with E-state index in [1.807, 2.05) is 6.20 Å². The Morgan fingerprint density at radius 2 is 2.35 bits per heavy atom. The van der Waals surface area contributed by atoms with E-state index in [4.69, 9.17) is 4.42 Å². The lowest BCUT2D eigenvalue weighted by molar-refractivity contribution is 0.454. The maximum absolute atomic E-state index is 5.35. The Morgan fingerprint density at radius 3 is 3.06 bits per heavy atom. The SMILES string of the molecule is Cc1nnc(Cn2ccc(CNC3CC3)c2)o1. The second kappa shape index (κ2) is 4.33. The molecule has 17 heavy (non-hydrogen) atoms. The van der Waals surface area contributed by atoms with Gasteiger partial charge in [-0.05, 0) is 24.5 Å². The van der Waals surface area contributed by atoms with Crippen molar-refractivity contribution in [2.24, 2.45) is 0 Å². The third kappa shape index (κ3) is 2.74. The van der Waals surface area contributed by atoms with Gasteiger partial charge in [0.1, 0.15) is 6.54 Å². The summed E-state index contributed by atoms with van der Waals surface area (Å²) in [6, 6.07) is 2.87. The maximum atomic E-state index is 5.35. The molecule has 90 valence electrons. The minimum Gasteiger partial charge on any atom is -0.424 e.